The minimum atomic E-state index is -1.70. The van der Waals surface area contributed by atoms with Crippen LogP contribution < -0.4 is 71.6 Å². The molecule has 428 valence electrons. The Balaban J connectivity index is 1.83. The summed E-state index contributed by atoms with van der Waals surface area (Å²) in [6.07, 6.45) is 5.03. The van der Waals surface area contributed by atoms with Crippen molar-refractivity contribution in [2.24, 2.45) is 39.4 Å². The van der Waals surface area contributed by atoms with E-state index in [1.165, 1.54) is 4.90 Å². The van der Waals surface area contributed by atoms with Crippen LogP contribution in [0.3, 0.4) is 0 Å². The predicted octanol–water partition coefficient (Wildman–Crippen LogP) is -4.99. The number of carbonyl (C=O) groups excluding carboxylic acids is 10. The third-order valence-corrected chi connectivity index (χ3v) is 13.5. The lowest BCUT2D eigenvalue weighted by Crippen LogP contribution is -2.60. The maximum absolute atomic E-state index is 14.4. The number of unbranched alkanes of at least 4 members (excludes halogenated alkanes) is 3. The van der Waals surface area contributed by atoms with Gasteiger partial charge in [0, 0.05) is 26.1 Å². The molecule has 0 aromatic rings. The van der Waals surface area contributed by atoms with Crippen LogP contribution >= 0.6 is 0 Å². The second-order valence-electron chi connectivity index (χ2n) is 19.5. The monoisotopic (exact) mass is 1080 g/mol. The van der Waals surface area contributed by atoms with E-state index in [9.17, 15) is 52.7 Å². The first kappa shape index (κ1) is 63.8. The van der Waals surface area contributed by atoms with Gasteiger partial charge in [-0.25, -0.2) is 0 Å². The number of likely N-dealkylation sites (tertiary alicyclic amines) is 2. The van der Waals surface area contributed by atoms with Gasteiger partial charge in [-0.15, -0.1) is 0 Å². The number of aliphatic carboxylic acids is 1. The molecular weight excluding hydrogens is 993 g/mol. The van der Waals surface area contributed by atoms with E-state index >= 15 is 0 Å². The average Bonchev–Trinajstić information content (AvgIpc) is 4.21. The normalized spacial score (nSPS) is 19.4. The standard InChI is InChI=1S/C48H84N16O12/c49-20-4-1-11-30(42(71)62-35(27-38(52)66)43(72)59-32(14-7-24-56-48(53)54)40(69)57-29(28-65)18-19-39(67)68)58-41(70)31(12-2-5-21-50)60-44(73)36-16-10-26-64(36)47(76)34(13-3-6-22-51)61-45(74)37-17-9-25-63(37)46(75)33-15-8-23-55-33/h28-37,55H,1-27,49-51H2,(H2,52,66)(H,57,69)(H,58,70)(H,59,72)(H,60,73)(H,61,74)(H,62,71)(H,67,68)(H4,53,54,56)/t29-,30-,31-,32-,33-,34-,35-,36-,37-/m0/s1. The molecule has 3 aliphatic rings. The Morgan fingerprint density at radius 3 is 1.55 bits per heavy atom. The molecule has 3 heterocycles. The van der Waals surface area contributed by atoms with Crippen molar-refractivity contribution in [3.63, 3.8) is 0 Å². The summed E-state index contributed by atoms with van der Waals surface area (Å²) in [5.74, 6) is -7.90. The second kappa shape index (κ2) is 34.2. The minimum absolute atomic E-state index is 0.0190. The number of primary amides is 1. The van der Waals surface area contributed by atoms with Gasteiger partial charge in [0.05, 0.1) is 18.5 Å². The molecule has 28 heteroatoms. The first-order chi connectivity index (χ1) is 36.3. The maximum atomic E-state index is 14.4. The summed E-state index contributed by atoms with van der Waals surface area (Å²) < 4.78 is 0. The van der Waals surface area contributed by atoms with Gasteiger partial charge in [-0.2, -0.15) is 0 Å². The molecule has 3 aliphatic heterocycles. The largest absolute Gasteiger partial charge is 0.481 e. The first-order valence-corrected chi connectivity index (χ1v) is 26.6. The summed E-state index contributed by atoms with van der Waals surface area (Å²) in [6.45, 7) is 2.18. The number of hydrogen-bond acceptors (Lipinski definition) is 16. The number of hydrogen-bond donors (Lipinski definition) is 14. The second-order valence-corrected chi connectivity index (χ2v) is 19.5. The minimum Gasteiger partial charge on any atom is -0.481 e. The van der Waals surface area contributed by atoms with E-state index in [1.54, 1.807) is 4.90 Å². The number of carbonyl (C=O) groups is 11. The number of carboxylic acids is 1. The molecule has 0 spiro atoms. The molecule has 3 fully saturated rings. The molecule has 0 aromatic carbocycles. The zero-order valence-electron chi connectivity index (χ0n) is 43.6. The fraction of sp³-hybridized carbons (Fsp3) is 0.750. The summed E-state index contributed by atoms with van der Waals surface area (Å²) in [7, 11) is 0. The maximum Gasteiger partial charge on any atom is 0.303 e. The van der Waals surface area contributed by atoms with Crippen LogP contribution in [0.2, 0.25) is 0 Å². The zero-order valence-corrected chi connectivity index (χ0v) is 43.6. The number of aliphatic imine (C=N–C) groups is 1. The van der Waals surface area contributed by atoms with Crippen LogP contribution in [0.4, 0.5) is 0 Å². The van der Waals surface area contributed by atoms with E-state index in [0.717, 1.165) is 6.42 Å². The Morgan fingerprint density at radius 1 is 0.579 bits per heavy atom. The van der Waals surface area contributed by atoms with Gasteiger partial charge in [-0.1, -0.05) is 0 Å². The van der Waals surface area contributed by atoms with Crippen LogP contribution in [0.1, 0.15) is 128 Å². The van der Waals surface area contributed by atoms with E-state index < -0.39 is 114 Å². The van der Waals surface area contributed by atoms with Crippen molar-refractivity contribution in [2.75, 3.05) is 45.8 Å². The molecule has 20 N–H and O–H groups in total. The Kier molecular flexibility index (Phi) is 28.7. The van der Waals surface area contributed by atoms with Gasteiger partial charge in [-0.3, -0.25) is 52.9 Å². The van der Waals surface area contributed by atoms with Gasteiger partial charge >= 0.3 is 5.97 Å². The lowest BCUT2D eigenvalue weighted by atomic mass is 10.0. The zero-order chi connectivity index (χ0) is 56.2. The molecule has 0 aromatic heterocycles. The number of amides is 9. The Labute approximate surface area is 443 Å². The van der Waals surface area contributed by atoms with Gasteiger partial charge in [0.2, 0.25) is 53.2 Å². The Bertz CT molecular complexity index is 2000. The summed E-state index contributed by atoms with van der Waals surface area (Å²) in [5, 5.41) is 27.9. The van der Waals surface area contributed by atoms with Gasteiger partial charge < -0.3 is 91.3 Å². The molecule has 9 atom stereocenters. The summed E-state index contributed by atoms with van der Waals surface area (Å²) in [5.41, 5.74) is 33.6. The number of rotatable bonds is 36. The van der Waals surface area contributed by atoms with Gasteiger partial charge in [0.25, 0.3) is 0 Å². The van der Waals surface area contributed by atoms with E-state index in [0.29, 0.717) is 90.1 Å². The lowest BCUT2D eigenvalue weighted by molar-refractivity contribution is -0.144. The van der Waals surface area contributed by atoms with Crippen LogP contribution in [0.25, 0.3) is 0 Å². The number of aldehydes is 1. The summed E-state index contributed by atoms with van der Waals surface area (Å²) in [4.78, 5) is 154. The molecule has 3 rings (SSSR count). The summed E-state index contributed by atoms with van der Waals surface area (Å²) in [6, 6.07) is -10.2. The summed E-state index contributed by atoms with van der Waals surface area (Å²) >= 11 is 0. The molecule has 0 bridgehead atoms. The van der Waals surface area contributed by atoms with Crippen LogP contribution in [0.5, 0.6) is 0 Å². The fourth-order valence-corrected chi connectivity index (χ4v) is 9.45. The van der Waals surface area contributed by atoms with Gasteiger partial charge in [0.1, 0.15) is 48.6 Å². The molecule has 28 nitrogen and oxygen atoms in total. The highest BCUT2D eigenvalue weighted by molar-refractivity contribution is 5.99. The smallest absolute Gasteiger partial charge is 0.303 e. The van der Waals surface area contributed by atoms with Crippen LogP contribution in [0.15, 0.2) is 4.99 Å². The predicted molar refractivity (Wildman–Crippen MR) is 277 cm³/mol. The Hall–Kier alpha value is -6.52. The number of nitrogens with zero attached hydrogens (tertiary/aromatic N) is 3. The number of nitrogens with two attached hydrogens (primary N) is 6. The highest BCUT2D eigenvalue weighted by Gasteiger charge is 2.42. The van der Waals surface area contributed by atoms with E-state index in [1.807, 2.05) is 0 Å². The fourth-order valence-electron chi connectivity index (χ4n) is 9.45. The van der Waals surface area contributed by atoms with Crippen molar-refractivity contribution >= 4 is 71.4 Å². The first-order valence-electron chi connectivity index (χ1n) is 26.6. The van der Waals surface area contributed by atoms with Crippen molar-refractivity contribution in [1.29, 1.82) is 0 Å². The molecule has 9 amide bonds. The third kappa shape index (κ3) is 21.6. The van der Waals surface area contributed by atoms with E-state index in [2.05, 4.69) is 42.2 Å². The molecule has 76 heavy (non-hydrogen) atoms. The van der Waals surface area contributed by atoms with Gasteiger partial charge in [0.15, 0.2) is 5.96 Å². The number of nitrogens with one attached hydrogen (secondary N) is 7. The highest BCUT2D eigenvalue weighted by atomic mass is 16.4. The lowest BCUT2D eigenvalue weighted by Gasteiger charge is -2.32. The van der Waals surface area contributed by atoms with Crippen molar-refractivity contribution in [3.05, 3.63) is 0 Å². The van der Waals surface area contributed by atoms with Crippen molar-refractivity contribution < 1.29 is 57.8 Å². The van der Waals surface area contributed by atoms with E-state index in [4.69, 9.17) is 39.5 Å². The Morgan fingerprint density at radius 2 is 1.05 bits per heavy atom. The molecular formula is C48H84N16O12. The molecule has 0 radical (unpaired) electrons. The van der Waals surface area contributed by atoms with Crippen LogP contribution in [-0.4, -0.2) is 186 Å². The molecule has 0 unspecified atom stereocenters. The van der Waals surface area contributed by atoms with Crippen LogP contribution in [-0.2, 0) is 52.7 Å². The third-order valence-electron chi connectivity index (χ3n) is 13.5. The molecule has 0 saturated carbocycles. The molecule has 0 aliphatic carbocycles. The molecule has 3 saturated heterocycles. The van der Waals surface area contributed by atoms with Gasteiger partial charge in [-0.05, 0) is 142 Å². The van der Waals surface area contributed by atoms with E-state index in [-0.39, 0.29) is 89.0 Å². The van der Waals surface area contributed by atoms with Crippen molar-refractivity contribution in [2.45, 2.75) is 183 Å². The highest BCUT2D eigenvalue weighted by Crippen LogP contribution is 2.24. The quantitative estimate of drug-likeness (QED) is 0.0121. The average molecular weight is 1080 g/mol. The topological polar surface area (TPSA) is 467 Å². The SMILES string of the molecule is NCCCC[C@H](NC(=O)[C@H](CCCCN)NC(=O)[C@@H]1CCCN1C(=O)[C@H](CCCCN)NC(=O)[C@@H]1CCCN1C(=O)[C@@H]1CCCN1)C(=O)N[C@@H](CC(N)=O)C(=O)N[C@@H](CCCN=C(N)N)C(=O)N[C@H](C=O)CCC(=O)O. The van der Waals surface area contributed by atoms with Crippen molar-refractivity contribution in [3.8, 4) is 0 Å². The number of guanidine groups is 1. The van der Waals surface area contributed by atoms with Crippen molar-refractivity contribution in [1.82, 2.24) is 47.0 Å². The number of carboxylic acid groups (broad SMARTS) is 1. The van der Waals surface area contributed by atoms with Crippen LogP contribution in [0, 0.1) is 0 Å².